The SMILES string of the molecule is COc1ccc(C(=O)N(C)C)cc1NC(=O)/C=C/c1cn(-c2ccccc2)nc1-c1cccnc1. The summed E-state index contributed by atoms with van der Waals surface area (Å²) in [6.07, 6.45) is 8.41. The number of pyridine rings is 1. The van der Waals surface area contributed by atoms with Crippen molar-refractivity contribution in [2.75, 3.05) is 26.5 Å². The van der Waals surface area contributed by atoms with E-state index < -0.39 is 0 Å². The fourth-order valence-electron chi connectivity index (χ4n) is 3.49. The second-order valence-corrected chi connectivity index (χ2v) is 7.89. The van der Waals surface area contributed by atoms with Gasteiger partial charge >= 0.3 is 0 Å². The highest BCUT2D eigenvalue weighted by Crippen LogP contribution is 2.27. The summed E-state index contributed by atoms with van der Waals surface area (Å²) in [6, 6.07) is 18.4. The van der Waals surface area contributed by atoms with Crippen LogP contribution in [0.5, 0.6) is 5.75 Å². The Morgan fingerprint density at radius 1 is 1.06 bits per heavy atom. The van der Waals surface area contributed by atoms with E-state index in [0.29, 0.717) is 22.7 Å². The molecule has 0 saturated heterocycles. The molecular weight excluding hydrogens is 442 g/mol. The molecule has 0 aliphatic heterocycles. The van der Waals surface area contributed by atoms with E-state index in [2.05, 4.69) is 10.3 Å². The smallest absolute Gasteiger partial charge is 0.253 e. The van der Waals surface area contributed by atoms with E-state index >= 15 is 0 Å². The van der Waals surface area contributed by atoms with E-state index in [1.807, 2.05) is 48.7 Å². The van der Waals surface area contributed by atoms with Crippen LogP contribution < -0.4 is 10.1 Å². The fraction of sp³-hybridized carbons (Fsp3) is 0.111. The van der Waals surface area contributed by atoms with Gasteiger partial charge in [-0.25, -0.2) is 4.68 Å². The molecule has 4 rings (SSSR count). The third-order valence-corrected chi connectivity index (χ3v) is 5.22. The molecule has 2 amide bonds. The number of nitrogens with one attached hydrogen (secondary N) is 1. The molecule has 0 aliphatic carbocycles. The first-order valence-corrected chi connectivity index (χ1v) is 10.9. The maximum Gasteiger partial charge on any atom is 0.253 e. The first-order valence-electron chi connectivity index (χ1n) is 10.9. The first-order chi connectivity index (χ1) is 17.0. The number of ether oxygens (including phenoxy) is 1. The van der Waals surface area contributed by atoms with Crippen LogP contribution in [0.15, 0.2) is 85.3 Å². The lowest BCUT2D eigenvalue weighted by molar-refractivity contribution is -0.111. The summed E-state index contributed by atoms with van der Waals surface area (Å²) in [6.45, 7) is 0. The molecule has 4 aromatic rings. The van der Waals surface area contributed by atoms with Crippen molar-refractivity contribution in [2.45, 2.75) is 0 Å². The van der Waals surface area contributed by atoms with Crippen LogP contribution in [0, 0.1) is 0 Å². The molecule has 1 N–H and O–H groups in total. The Kier molecular flexibility index (Phi) is 7.02. The van der Waals surface area contributed by atoms with Gasteiger partial charge in [0, 0.05) is 55.5 Å². The summed E-state index contributed by atoms with van der Waals surface area (Å²) >= 11 is 0. The number of nitrogens with zero attached hydrogens (tertiary/aromatic N) is 4. The molecule has 0 spiro atoms. The predicted octanol–water partition coefficient (Wildman–Crippen LogP) is 4.30. The van der Waals surface area contributed by atoms with Gasteiger partial charge in [-0.05, 0) is 48.5 Å². The van der Waals surface area contributed by atoms with E-state index in [-0.39, 0.29) is 11.8 Å². The summed E-state index contributed by atoms with van der Waals surface area (Å²) in [5, 5.41) is 7.52. The number of hydrogen-bond donors (Lipinski definition) is 1. The first kappa shape index (κ1) is 23.4. The number of rotatable bonds is 7. The summed E-state index contributed by atoms with van der Waals surface area (Å²) in [5.41, 5.74) is 4.02. The van der Waals surface area contributed by atoms with Gasteiger partial charge in [-0.15, -0.1) is 0 Å². The molecule has 0 saturated carbocycles. The predicted molar refractivity (Wildman–Crippen MR) is 135 cm³/mol. The Morgan fingerprint density at radius 3 is 2.54 bits per heavy atom. The summed E-state index contributed by atoms with van der Waals surface area (Å²) in [5.74, 6) is -0.0921. The molecule has 8 nitrogen and oxygen atoms in total. The van der Waals surface area contributed by atoms with Crippen molar-refractivity contribution in [1.29, 1.82) is 0 Å². The fourth-order valence-corrected chi connectivity index (χ4v) is 3.49. The van der Waals surface area contributed by atoms with E-state index in [9.17, 15) is 9.59 Å². The molecule has 2 aromatic carbocycles. The highest BCUT2D eigenvalue weighted by Gasteiger charge is 2.14. The van der Waals surface area contributed by atoms with Gasteiger partial charge < -0.3 is 15.0 Å². The molecule has 8 heteroatoms. The topological polar surface area (TPSA) is 89.4 Å². The van der Waals surface area contributed by atoms with Gasteiger partial charge in [0.1, 0.15) is 11.4 Å². The molecule has 0 fully saturated rings. The maximum absolute atomic E-state index is 12.8. The van der Waals surface area contributed by atoms with E-state index in [1.165, 1.54) is 18.1 Å². The van der Waals surface area contributed by atoms with Crippen molar-refractivity contribution in [1.82, 2.24) is 19.7 Å². The van der Waals surface area contributed by atoms with Gasteiger partial charge in [-0.2, -0.15) is 5.10 Å². The average Bonchev–Trinajstić information content (AvgIpc) is 3.32. The van der Waals surface area contributed by atoms with Gasteiger partial charge in [0.25, 0.3) is 5.91 Å². The van der Waals surface area contributed by atoms with Crippen molar-refractivity contribution in [3.63, 3.8) is 0 Å². The van der Waals surface area contributed by atoms with Crippen LogP contribution in [0.25, 0.3) is 23.0 Å². The number of carbonyl (C=O) groups is 2. The average molecular weight is 468 g/mol. The van der Waals surface area contributed by atoms with Crippen LogP contribution in [-0.4, -0.2) is 52.7 Å². The highest BCUT2D eigenvalue weighted by molar-refractivity contribution is 6.04. The summed E-state index contributed by atoms with van der Waals surface area (Å²) < 4.78 is 7.11. The van der Waals surface area contributed by atoms with E-state index in [1.54, 1.807) is 55.4 Å². The van der Waals surface area contributed by atoms with Gasteiger partial charge in [-0.1, -0.05) is 18.2 Å². The Hall–Kier alpha value is -4.72. The van der Waals surface area contributed by atoms with E-state index in [0.717, 1.165) is 16.8 Å². The standard InChI is InChI=1S/C27H25N5O3/c1-31(2)27(34)19-11-13-24(35-3)23(16-19)29-25(33)14-12-21-18-32(22-9-5-4-6-10-22)30-26(21)20-8-7-15-28-17-20/h4-18H,1-3H3,(H,29,33)/b14-12+. The molecule has 0 aliphatic rings. The van der Waals surface area contributed by atoms with Crippen LogP contribution in [-0.2, 0) is 4.79 Å². The minimum Gasteiger partial charge on any atom is -0.495 e. The van der Waals surface area contributed by atoms with Crippen LogP contribution in [0.4, 0.5) is 5.69 Å². The third-order valence-electron chi connectivity index (χ3n) is 5.22. The van der Waals surface area contributed by atoms with Crippen LogP contribution >= 0.6 is 0 Å². The zero-order chi connectivity index (χ0) is 24.8. The largest absolute Gasteiger partial charge is 0.495 e. The molecule has 0 unspecified atom stereocenters. The number of carbonyl (C=O) groups excluding carboxylic acids is 2. The Balaban J connectivity index is 1.62. The lowest BCUT2D eigenvalue weighted by atomic mass is 10.1. The number of anilines is 1. The van der Waals surface area contributed by atoms with Crippen molar-refractivity contribution < 1.29 is 14.3 Å². The summed E-state index contributed by atoms with van der Waals surface area (Å²) in [7, 11) is 4.85. The molecule has 0 atom stereocenters. The Morgan fingerprint density at radius 2 is 1.86 bits per heavy atom. The number of amides is 2. The van der Waals surface area contributed by atoms with Gasteiger partial charge in [0.05, 0.1) is 18.5 Å². The molecular formula is C27H25N5O3. The second kappa shape index (κ2) is 10.5. The van der Waals surface area contributed by atoms with Crippen LogP contribution in [0.3, 0.4) is 0 Å². The monoisotopic (exact) mass is 467 g/mol. The number of methoxy groups -OCH3 is 1. The number of aromatic nitrogens is 3. The highest BCUT2D eigenvalue weighted by atomic mass is 16.5. The molecule has 35 heavy (non-hydrogen) atoms. The molecule has 0 bridgehead atoms. The van der Waals surface area contributed by atoms with Crippen LogP contribution in [0.2, 0.25) is 0 Å². The Bertz CT molecular complexity index is 1360. The quantitative estimate of drug-likeness (QED) is 0.410. The van der Waals surface area contributed by atoms with Crippen molar-refractivity contribution in [3.05, 3.63) is 96.5 Å². The van der Waals surface area contributed by atoms with Crippen molar-refractivity contribution in [3.8, 4) is 22.7 Å². The van der Waals surface area contributed by atoms with E-state index in [4.69, 9.17) is 9.84 Å². The molecule has 176 valence electrons. The number of para-hydroxylation sites is 1. The van der Waals surface area contributed by atoms with Gasteiger partial charge in [0.15, 0.2) is 0 Å². The lowest BCUT2D eigenvalue weighted by Crippen LogP contribution is -2.22. The minimum atomic E-state index is -0.373. The number of benzene rings is 2. The lowest BCUT2D eigenvalue weighted by Gasteiger charge is -2.14. The second-order valence-electron chi connectivity index (χ2n) is 7.89. The molecule has 0 radical (unpaired) electrons. The third kappa shape index (κ3) is 5.44. The zero-order valence-corrected chi connectivity index (χ0v) is 19.7. The van der Waals surface area contributed by atoms with Gasteiger partial charge in [-0.3, -0.25) is 14.6 Å². The van der Waals surface area contributed by atoms with Crippen molar-refractivity contribution >= 4 is 23.6 Å². The Labute approximate surface area is 203 Å². The molecule has 2 aromatic heterocycles. The minimum absolute atomic E-state index is 0.173. The van der Waals surface area contributed by atoms with Crippen molar-refractivity contribution in [2.24, 2.45) is 0 Å². The van der Waals surface area contributed by atoms with Crippen LogP contribution in [0.1, 0.15) is 15.9 Å². The van der Waals surface area contributed by atoms with Gasteiger partial charge in [0.2, 0.25) is 5.91 Å². The number of hydrogen-bond acceptors (Lipinski definition) is 5. The maximum atomic E-state index is 12.8. The molecule has 2 heterocycles. The normalized spacial score (nSPS) is 10.8. The summed E-state index contributed by atoms with van der Waals surface area (Å²) in [4.78, 5) is 30.8. The zero-order valence-electron chi connectivity index (χ0n) is 19.7.